The van der Waals surface area contributed by atoms with E-state index in [-0.39, 0.29) is 16.2 Å². The Labute approximate surface area is 146 Å². The zero-order chi connectivity index (χ0) is 17.8. The fraction of sp³-hybridized carbons (Fsp3) is 0.632. The fourth-order valence-electron chi connectivity index (χ4n) is 2.70. The van der Waals surface area contributed by atoms with Gasteiger partial charge < -0.3 is 5.11 Å². The molecule has 0 spiro atoms. The predicted molar refractivity (Wildman–Crippen MR) is 97.3 cm³/mol. The van der Waals surface area contributed by atoms with Crippen LogP contribution in [-0.4, -0.2) is 25.2 Å². The first-order valence-corrected chi connectivity index (χ1v) is 10.7. The van der Waals surface area contributed by atoms with Gasteiger partial charge in [0.25, 0.3) is 0 Å². The topological polar surface area (TPSA) is 71.4 Å². The minimum Gasteiger partial charge on any atom is -0.478 e. The molecule has 0 atom stereocenters. The maximum absolute atomic E-state index is 12.2. The van der Waals surface area contributed by atoms with Gasteiger partial charge in [-0.05, 0) is 30.7 Å². The first-order valence-electron chi connectivity index (χ1n) is 9.03. The average Bonchev–Trinajstić information content (AvgIpc) is 2.56. The number of carboxylic acid groups (broad SMARTS) is 1. The lowest BCUT2D eigenvalue weighted by Crippen LogP contribution is -2.07. The largest absolute Gasteiger partial charge is 0.478 e. The molecule has 0 amide bonds. The standard InChI is InChI=1S/C19H30O4S/c1-2-3-4-5-6-7-8-9-10-11-16-24(22,23)18-14-12-17(13-15-18)19(20)21/h12-15H,2-11,16H2,1H3,(H,20,21). The number of carboxylic acids is 1. The number of hydrogen-bond donors (Lipinski definition) is 1. The van der Waals surface area contributed by atoms with Crippen molar-refractivity contribution in [2.45, 2.75) is 76.0 Å². The summed E-state index contributed by atoms with van der Waals surface area (Å²) in [5.74, 6) is -0.913. The fourth-order valence-corrected chi connectivity index (χ4v) is 4.07. The molecule has 1 aromatic carbocycles. The van der Waals surface area contributed by atoms with Crippen LogP contribution in [0.3, 0.4) is 0 Å². The van der Waals surface area contributed by atoms with E-state index in [2.05, 4.69) is 6.92 Å². The van der Waals surface area contributed by atoms with Crippen LogP contribution >= 0.6 is 0 Å². The molecule has 1 aromatic rings. The summed E-state index contributed by atoms with van der Waals surface area (Å²) in [6, 6.07) is 5.45. The monoisotopic (exact) mass is 354 g/mol. The van der Waals surface area contributed by atoms with E-state index in [4.69, 9.17) is 5.11 Å². The van der Waals surface area contributed by atoms with Crippen molar-refractivity contribution in [3.8, 4) is 0 Å². The summed E-state index contributed by atoms with van der Waals surface area (Å²) in [5, 5.41) is 8.83. The quantitative estimate of drug-likeness (QED) is 0.501. The molecule has 1 rings (SSSR count). The van der Waals surface area contributed by atoms with Gasteiger partial charge in [-0.3, -0.25) is 0 Å². The third-order valence-electron chi connectivity index (χ3n) is 4.23. The second-order valence-electron chi connectivity index (χ2n) is 6.33. The van der Waals surface area contributed by atoms with E-state index in [9.17, 15) is 13.2 Å². The molecule has 136 valence electrons. The Kier molecular flexibility index (Phi) is 9.69. The summed E-state index contributed by atoms with van der Waals surface area (Å²) < 4.78 is 24.4. The van der Waals surface area contributed by atoms with Crippen molar-refractivity contribution < 1.29 is 18.3 Å². The van der Waals surface area contributed by atoms with Gasteiger partial charge >= 0.3 is 5.97 Å². The maximum atomic E-state index is 12.2. The van der Waals surface area contributed by atoms with Crippen molar-refractivity contribution in [1.82, 2.24) is 0 Å². The minimum absolute atomic E-state index is 0.105. The zero-order valence-corrected chi connectivity index (χ0v) is 15.5. The highest BCUT2D eigenvalue weighted by Crippen LogP contribution is 2.16. The van der Waals surface area contributed by atoms with Crippen molar-refractivity contribution >= 4 is 15.8 Å². The van der Waals surface area contributed by atoms with Crippen LogP contribution in [0.15, 0.2) is 29.2 Å². The SMILES string of the molecule is CCCCCCCCCCCCS(=O)(=O)c1ccc(C(=O)O)cc1. The number of aromatic carboxylic acids is 1. The molecule has 0 bridgehead atoms. The number of rotatable bonds is 13. The third kappa shape index (κ3) is 7.95. The molecule has 0 aromatic heterocycles. The van der Waals surface area contributed by atoms with Gasteiger partial charge in [-0.2, -0.15) is 0 Å². The lowest BCUT2D eigenvalue weighted by atomic mass is 10.1. The highest BCUT2D eigenvalue weighted by molar-refractivity contribution is 7.91. The highest BCUT2D eigenvalue weighted by atomic mass is 32.2. The van der Waals surface area contributed by atoms with E-state index in [0.29, 0.717) is 6.42 Å². The summed E-state index contributed by atoms with van der Waals surface area (Å²) in [4.78, 5) is 11.0. The lowest BCUT2D eigenvalue weighted by Gasteiger charge is -2.05. The van der Waals surface area contributed by atoms with E-state index in [0.717, 1.165) is 12.8 Å². The van der Waals surface area contributed by atoms with Gasteiger partial charge in [0.15, 0.2) is 9.84 Å². The summed E-state index contributed by atoms with van der Waals surface area (Å²) in [7, 11) is -3.30. The van der Waals surface area contributed by atoms with E-state index >= 15 is 0 Å². The lowest BCUT2D eigenvalue weighted by molar-refractivity contribution is 0.0696. The molecular formula is C19H30O4S. The van der Waals surface area contributed by atoms with Gasteiger partial charge in [0.1, 0.15) is 0 Å². The van der Waals surface area contributed by atoms with Crippen LogP contribution < -0.4 is 0 Å². The molecule has 1 N–H and O–H groups in total. The average molecular weight is 355 g/mol. The summed E-state index contributed by atoms with van der Waals surface area (Å²) in [5.41, 5.74) is 0.105. The van der Waals surface area contributed by atoms with Crippen LogP contribution in [0.1, 0.15) is 81.5 Å². The van der Waals surface area contributed by atoms with Gasteiger partial charge in [-0.25, -0.2) is 13.2 Å². The van der Waals surface area contributed by atoms with Crippen LogP contribution in [0.4, 0.5) is 0 Å². The van der Waals surface area contributed by atoms with Crippen LogP contribution in [0.5, 0.6) is 0 Å². The van der Waals surface area contributed by atoms with Crippen LogP contribution in [-0.2, 0) is 9.84 Å². The summed E-state index contributed by atoms with van der Waals surface area (Å²) in [6.45, 7) is 2.22. The molecular weight excluding hydrogens is 324 g/mol. The number of carbonyl (C=O) groups is 1. The molecule has 4 nitrogen and oxygen atoms in total. The van der Waals surface area contributed by atoms with Gasteiger partial charge in [0, 0.05) is 0 Å². The number of hydrogen-bond acceptors (Lipinski definition) is 3. The zero-order valence-electron chi connectivity index (χ0n) is 14.7. The van der Waals surface area contributed by atoms with Crippen molar-refractivity contribution in [1.29, 1.82) is 0 Å². The maximum Gasteiger partial charge on any atom is 0.335 e. The van der Waals surface area contributed by atoms with Crippen LogP contribution in [0.2, 0.25) is 0 Å². The first-order chi connectivity index (χ1) is 11.5. The molecule has 0 heterocycles. The Bertz CT molecular complexity index is 576. The van der Waals surface area contributed by atoms with Crippen molar-refractivity contribution in [2.75, 3.05) is 5.75 Å². The predicted octanol–water partition coefficient (Wildman–Crippen LogP) is 5.08. The number of unbranched alkanes of at least 4 members (excludes halogenated alkanes) is 9. The van der Waals surface area contributed by atoms with Gasteiger partial charge in [-0.15, -0.1) is 0 Å². The molecule has 0 aliphatic heterocycles. The molecule has 5 heteroatoms. The summed E-state index contributed by atoms with van der Waals surface area (Å²) in [6.07, 6.45) is 11.6. The Hall–Kier alpha value is -1.36. The smallest absolute Gasteiger partial charge is 0.335 e. The summed E-state index contributed by atoms with van der Waals surface area (Å²) >= 11 is 0. The van der Waals surface area contributed by atoms with Crippen LogP contribution in [0, 0.1) is 0 Å². The van der Waals surface area contributed by atoms with E-state index in [1.54, 1.807) is 0 Å². The Balaban J connectivity index is 2.20. The van der Waals surface area contributed by atoms with Crippen molar-refractivity contribution in [2.24, 2.45) is 0 Å². The Morgan fingerprint density at radius 3 is 1.75 bits per heavy atom. The van der Waals surface area contributed by atoms with E-state index < -0.39 is 15.8 Å². The minimum atomic E-state index is -3.30. The molecule has 0 unspecified atom stereocenters. The molecule has 24 heavy (non-hydrogen) atoms. The Morgan fingerprint density at radius 2 is 1.29 bits per heavy atom. The molecule has 0 saturated carbocycles. The Morgan fingerprint density at radius 1 is 0.833 bits per heavy atom. The second-order valence-corrected chi connectivity index (χ2v) is 8.44. The molecule has 0 radical (unpaired) electrons. The molecule has 0 aliphatic carbocycles. The van der Waals surface area contributed by atoms with E-state index in [1.165, 1.54) is 69.2 Å². The number of sulfone groups is 1. The number of benzene rings is 1. The molecule has 0 aliphatic rings. The second kappa shape index (κ2) is 11.2. The van der Waals surface area contributed by atoms with Gasteiger partial charge in [0.05, 0.1) is 16.2 Å². The van der Waals surface area contributed by atoms with Crippen LogP contribution in [0.25, 0.3) is 0 Å². The molecule has 0 fully saturated rings. The highest BCUT2D eigenvalue weighted by Gasteiger charge is 2.14. The third-order valence-corrected chi connectivity index (χ3v) is 6.04. The molecule has 0 saturated heterocycles. The normalized spacial score (nSPS) is 11.5. The van der Waals surface area contributed by atoms with Gasteiger partial charge in [0.2, 0.25) is 0 Å². The van der Waals surface area contributed by atoms with Gasteiger partial charge in [-0.1, -0.05) is 64.7 Å². The first kappa shape index (κ1) is 20.7. The van der Waals surface area contributed by atoms with Crippen molar-refractivity contribution in [3.05, 3.63) is 29.8 Å². The van der Waals surface area contributed by atoms with E-state index in [1.807, 2.05) is 0 Å². The van der Waals surface area contributed by atoms with Crippen molar-refractivity contribution in [3.63, 3.8) is 0 Å².